The summed E-state index contributed by atoms with van der Waals surface area (Å²) in [6.07, 6.45) is 21.9. The number of hydrogen-bond acceptors (Lipinski definition) is 4. The monoisotopic (exact) mass is 828 g/mol. The van der Waals surface area contributed by atoms with E-state index in [9.17, 15) is 19.8 Å². The van der Waals surface area contributed by atoms with Crippen molar-refractivity contribution in [2.75, 3.05) is 0 Å². The Labute approximate surface area is 365 Å². The van der Waals surface area contributed by atoms with Crippen molar-refractivity contribution in [2.24, 2.45) is 75.4 Å². The maximum atomic E-state index is 12.3. The molecular weight excluding hydrogens is 769 g/mol. The maximum absolute atomic E-state index is 12.3. The fourth-order valence-corrected chi connectivity index (χ4v) is 19.7. The molecule has 0 spiro atoms. The van der Waals surface area contributed by atoms with Crippen molar-refractivity contribution in [3.63, 3.8) is 0 Å². The highest BCUT2D eigenvalue weighted by molar-refractivity contribution is 5.88. The number of aromatic carboxylic acids is 2. The Morgan fingerprint density at radius 3 is 1.39 bits per heavy atom. The standard InChI is InChI=1S/C56H60O6/c57-51(58)40-7-5-9-44(24-40)61-48-13-3-1-11-46(48)56(47-12-2-4-14-49(47)62-45-10-6-8-41(25-45)52(59)60)43-22-38-19-39(23-43)32-55(56,31-38)54-29-36-18-37(30-54)21-42(20-36)50(54)53-26-33-15-34(27-53)17-35(16-33)28-53/h1-14,24-25,33-39,42-43,50H,15-23,26-32H2,(H,57,58)(H,59,60). The van der Waals surface area contributed by atoms with Crippen LogP contribution in [0.1, 0.15) is 135 Å². The Hall–Kier alpha value is -4.58. The van der Waals surface area contributed by atoms with Crippen molar-refractivity contribution in [1.82, 2.24) is 0 Å². The van der Waals surface area contributed by atoms with Gasteiger partial charge in [0.15, 0.2) is 0 Å². The summed E-state index contributed by atoms with van der Waals surface area (Å²) in [7, 11) is 0. The molecule has 0 aliphatic heterocycles. The van der Waals surface area contributed by atoms with E-state index in [-0.39, 0.29) is 22.0 Å². The highest BCUT2D eigenvalue weighted by atomic mass is 16.5. The minimum absolute atomic E-state index is 0.0521. The van der Waals surface area contributed by atoms with Gasteiger partial charge in [-0.15, -0.1) is 0 Å². The van der Waals surface area contributed by atoms with E-state index >= 15 is 0 Å². The summed E-state index contributed by atoms with van der Waals surface area (Å²) in [4.78, 5) is 24.5. The van der Waals surface area contributed by atoms with E-state index in [4.69, 9.17) is 9.47 Å². The van der Waals surface area contributed by atoms with Gasteiger partial charge in [0.05, 0.1) is 11.1 Å². The summed E-state index contributed by atoms with van der Waals surface area (Å²) in [5, 5.41) is 20.1. The van der Waals surface area contributed by atoms with Gasteiger partial charge in [0, 0.05) is 16.5 Å². The fraction of sp³-hybridized carbons (Fsp3) is 0.536. The van der Waals surface area contributed by atoms with Gasteiger partial charge in [-0.2, -0.15) is 0 Å². The summed E-state index contributed by atoms with van der Waals surface area (Å²) in [5.74, 6) is 8.40. The normalized spacial score (nSPS) is 39.8. The maximum Gasteiger partial charge on any atom is 0.335 e. The molecule has 12 aliphatic rings. The number of carboxylic acid groups (broad SMARTS) is 2. The lowest BCUT2D eigenvalue weighted by molar-refractivity contribution is -0.296. The molecule has 4 aromatic carbocycles. The largest absolute Gasteiger partial charge is 0.478 e. The zero-order chi connectivity index (χ0) is 41.6. The Balaban J connectivity index is 1.08. The summed E-state index contributed by atoms with van der Waals surface area (Å²) in [6.45, 7) is 0. The molecule has 320 valence electrons. The van der Waals surface area contributed by atoms with Crippen molar-refractivity contribution in [3.05, 3.63) is 119 Å². The van der Waals surface area contributed by atoms with Gasteiger partial charge in [0.1, 0.15) is 23.0 Å². The molecule has 2 N–H and O–H groups in total. The number of hydrogen-bond donors (Lipinski definition) is 2. The average molecular weight is 829 g/mol. The molecule has 5 unspecified atom stereocenters. The topological polar surface area (TPSA) is 93.1 Å². The van der Waals surface area contributed by atoms with Crippen LogP contribution in [0.15, 0.2) is 97.1 Å². The van der Waals surface area contributed by atoms with Gasteiger partial charge in [-0.05, 0) is 227 Å². The summed E-state index contributed by atoms with van der Waals surface area (Å²) < 4.78 is 14.3. The molecule has 62 heavy (non-hydrogen) atoms. The van der Waals surface area contributed by atoms with E-state index in [2.05, 4.69) is 48.5 Å². The number of carboxylic acids is 2. The van der Waals surface area contributed by atoms with Gasteiger partial charge >= 0.3 is 11.9 Å². The van der Waals surface area contributed by atoms with Crippen LogP contribution >= 0.6 is 0 Å². The van der Waals surface area contributed by atoms with Crippen molar-refractivity contribution in [3.8, 4) is 23.0 Å². The zero-order valence-electron chi connectivity index (χ0n) is 35.9. The van der Waals surface area contributed by atoms with Crippen LogP contribution in [0, 0.1) is 75.4 Å². The molecule has 12 bridgehead atoms. The molecule has 12 fully saturated rings. The van der Waals surface area contributed by atoms with Crippen LogP contribution in [0.2, 0.25) is 0 Å². The Bertz CT molecular complexity index is 2320. The van der Waals surface area contributed by atoms with Crippen molar-refractivity contribution in [2.45, 2.75) is 108 Å². The van der Waals surface area contributed by atoms with Gasteiger partial charge in [0.25, 0.3) is 0 Å². The quantitative estimate of drug-likeness (QED) is 0.165. The summed E-state index contributed by atoms with van der Waals surface area (Å²) in [5.41, 5.74) is 3.00. The van der Waals surface area contributed by atoms with Crippen LogP contribution in [0.5, 0.6) is 23.0 Å². The van der Waals surface area contributed by atoms with Crippen LogP contribution in [0.25, 0.3) is 0 Å². The number of carbonyl (C=O) groups is 2. The summed E-state index contributed by atoms with van der Waals surface area (Å²) >= 11 is 0. The lowest BCUT2D eigenvalue weighted by Crippen LogP contribution is -2.75. The molecule has 16 rings (SSSR count). The van der Waals surface area contributed by atoms with Gasteiger partial charge < -0.3 is 19.7 Å². The molecule has 5 atom stereocenters. The third-order valence-corrected chi connectivity index (χ3v) is 19.8. The van der Waals surface area contributed by atoms with E-state index in [0.29, 0.717) is 34.7 Å². The third kappa shape index (κ3) is 5.27. The predicted molar refractivity (Wildman–Crippen MR) is 237 cm³/mol. The minimum atomic E-state index is -0.962. The number of benzene rings is 4. The Morgan fingerprint density at radius 2 is 0.919 bits per heavy atom. The van der Waals surface area contributed by atoms with Crippen LogP contribution < -0.4 is 9.47 Å². The van der Waals surface area contributed by atoms with Gasteiger partial charge in [-0.3, -0.25) is 0 Å². The van der Waals surface area contributed by atoms with E-state index < -0.39 is 17.4 Å². The third-order valence-electron chi connectivity index (χ3n) is 19.8. The lowest BCUT2D eigenvalue weighted by Gasteiger charge is -2.81. The van der Waals surface area contributed by atoms with Gasteiger partial charge in [0.2, 0.25) is 0 Å². The first kappa shape index (κ1) is 37.9. The smallest absolute Gasteiger partial charge is 0.335 e. The second kappa shape index (κ2) is 13.5. The zero-order valence-corrected chi connectivity index (χ0v) is 35.9. The van der Waals surface area contributed by atoms with E-state index in [1.54, 1.807) is 36.4 Å². The molecule has 0 heterocycles. The fourth-order valence-electron chi connectivity index (χ4n) is 19.7. The lowest BCUT2D eigenvalue weighted by atomic mass is 9.23. The first-order valence-corrected chi connectivity index (χ1v) is 24.3. The molecule has 4 aromatic rings. The first-order valence-electron chi connectivity index (χ1n) is 24.3. The van der Waals surface area contributed by atoms with E-state index in [1.165, 1.54) is 114 Å². The van der Waals surface area contributed by atoms with Crippen molar-refractivity contribution >= 4 is 11.9 Å². The van der Waals surface area contributed by atoms with Crippen LogP contribution in [0.3, 0.4) is 0 Å². The molecule has 0 radical (unpaired) electrons. The minimum Gasteiger partial charge on any atom is -0.478 e. The van der Waals surface area contributed by atoms with Crippen LogP contribution in [-0.2, 0) is 5.41 Å². The Kier molecular flexibility index (Phi) is 8.24. The van der Waals surface area contributed by atoms with Crippen LogP contribution in [-0.4, -0.2) is 22.2 Å². The molecule has 0 aromatic heterocycles. The molecule has 6 nitrogen and oxygen atoms in total. The second-order valence-electron chi connectivity index (χ2n) is 22.8. The average Bonchev–Trinajstić information content (AvgIpc) is 3.24. The number of para-hydroxylation sites is 2. The predicted octanol–water partition coefficient (Wildman–Crippen LogP) is 13.4. The number of ether oxygens (including phenoxy) is 2. The highest BCUT2D eigenvalue weighted by Crippen LogP contribution is 2.86. The second-order valence-corrected chi connectivity index (χ2v) is 22.8. The Morgan fingerprint density at radius 1 is 0.484 bits per heavy atom. The number of rotatable bonds is 10. The highest BCUT2D eigenvalue weighted by Gasteiger charge is 2.79. The molecule has 0 saturated heterocycles. The van der Waals surface area contributed by atoms with Crippen molar-refractivity contribution < 1.29 is 29.3 Å². The summed E-state index contributed by atoms with van der Waals surface area (Å²) in [6, 6.07) is 31.7. The molecule has 6 heteroatoms. The van der Waals surface area contributed by atoms with Gasteiger partial charge in [-0.25, -0.2) is 9.59 Å². The van der Waals surface area contributed by atoms with E-state index in [1.807, 2.05) is 12.1 Å². The van der Waals surface area contributed by atoms with Gasteiger partial charge in [-0.1, -0.05) is 48.5 Å². The van der Waals surface area contributed by atoms with Crippen molar-refractivity contribution in [1.29, 1.82) is 0 Å². The molecule has 12 saturated carbocycles. The molecule has 0 amide bonds. The SMILES string of the molecule is O=C(O)c1cccc(Oc2ccccc2C2(c3ccccc3Oc3cccc(C(=O)O)c3)C3CC4CC(C3)CC2(C23CC5CC(CC(C5)C2C25CC6CC(CC(C6)C2)C5)C3)C4)c1. The molecular formula is C56H60O6. The van der Waals surface area contributed by atoms with E-state index in [0.717, 1.165) is 52.9 Å². The molecule has 12 aliphatic carbocycles. The van der Waals surface area contributed by atoms with Crippen LogP contribution in [0.4, 0.5) is 0 Å². The first-order chi connectivity index (χ1) is 30.1.